The van der Waals surface area contributed by atoms with Crippen molar-refractivity contribution in [2.75, 3.05) is 20.3 Å². The first-order valence-corrected chi connectivity index (χ1v) is 5.77. The zero-order chi connectivity index (χ0) is 15.0. The first kappa shape index (κ1) is 15.9. The number of aliphatic hydroxyl groups excluding tert-OH is 1. The number of amides is 1. The molecule has 1 aromatic rings. The number of methoxy groups -OCH3 is 1. The number of para-hydroxylation sites is 1. The molecule has 0 saturated carbocycles. The molecule has 0 saturated heterocycles. The van der Waals surface area contributed by atoms with E-state index in [1.807, 2.05) is 0 Å². The van der Waals surface area contributed by atoms with E-state index in [0.717, 1.165) is 6.08 Å². The van der Waals surface area contributed by atoms with Crippen LogP contribution in [0, 0.1) is 0 Å². The van der Waals surface area contributed by atoms with E-state index >= 15 is 0 Å². The predicted octanol–water partition coefficient (Wildman–Crippen LogP) is 1.42. The zero-order valence-electron chi connectivity index (χ0n) is 10.8. The van der Waals surface area contributed by atoms with Crippen molar-refractivity contribution < 1.29 is 28.2 Å². The molecule has 0 unspecified atom stereocenters. The largest absolute Gasteiger partial charge is 0.493 e. The van der Waals surface area contributed by atoms with Crippen LogP contribution in [0.5, 0.6) is 11.5 Å². The van der Waals surface area contributed by atoms with Crippen molar-refractivity contribution in [2.24, 2.45) is 0 Å². The molecule has 1 aromatic carbocycles. The molecule has 1 amide bonds. The molecule has 0 heterocycles. The highest BCUT2D eigenvalue weighted by molar-refractivity contribution is 5.92. The number of aliphatic hydroxyl groups is 1. The Bertz CT molecular complexity index is 477. The van der Waals surface area contributed by atoms with Gasteiger partial charge >= 0.3 is 6.61 Å². The van der Waals surface area contributed by atoms with Gasteiger partial charge in [-0.15, -0.1) is 0 Å². The number of carbonyl (C=O) groups is 1. The van der Waals surface area contributed by atoms with Gasteiger partial charge in [-0.25, -0.2) is 0 Å². The van der Waals surface area contributed by atoms with E-state index in [1.54, 1.807) is 6.07 Å². The number of benzene rings is 1. The maximum absolute atomic E-state index is 12.4. The molecular weight excluding hydrogens is 272 g/mol. The number of carbonyl (C=O) groups excluding carboxylic acids is 1. The summed E-state index contributed by atoms with van der Waals surface area (Å²) < 4.78 is 34.1. The van der Waals surface area contributed by atoms with Gasteiger partial charge < -0.3 is 19.9 Å². The van der Waals surface area contributed by atoms with Gasteiger partial charge in [-0.2, -0.15) is 8.78 Å². The van der Waals surface area contributed by atoms with E-state index in [4.69, 9.17) is 9.84 Å². The first-order chi connectivity index (χ1) is 9.58. The first-order valence-electron chi connectivity index (χ1n) is 5.77. The summed E-state index contributed by atoms with van der Waals surface area (Å²) in [5, 5.41) is 10.9. The predicted molar refractivity (Wildman–Crippen MR) is 68.8 cm³/mol. The fourth-order valence-corrected chi connectivity index (χ4v) is 1.44. The van der Waals surface area contributed by atoms with Crippen molar-refractivity contribution >= 4 is 12.0 Å². The van der Waals surface area contributed by atoms with Crippen molar-refractivity contribution in [3.63, 3.8) is 0 Å². The average molecular weight is 287 g/mol. The number of halogens is 2. The second kappa shape index (κ2) is 8.11. The van der Waals surface area contributed by atoms with Crippen LogP contribution in [0.4, 0.5) is 8.78 Å². The molecule has 0 fully saturated rings. The van der Waals surface area contributed by atoms with Crippen LogP contribution in [0.3, 0.4) is 0 Å². The molecule has 20 heavy (non-hydrogen) atoms. The minimum atomic E-state index is -3.00. The van der Waals surface area contributed by atoms with E-state index in [-0.39, 0.29) is 30.2 Å². The minimum absolute atomic E-state index is 0.113. The van der Waals surface area contributed by atoms with Crippen LogP contribution in [0.1, 0.15) is 5.56 Å². The monoisotopic (exact) mass is 287 g/mol. The molecule has 7 heteroatoms. The lowest BCUT2D eigenvalue weighted by Gasteiger charge is -2.12. The Labute approximate surface area is 114 Å². The summed E-state index contributed by atoms with van der Waals surface area (Å²) in [4.78, 5) is 11.3. The highest BCUT2D eigenvalue weighted by Gasteiger charge is 2.13. The van der Waals surface area contributed by atoms with Crippen LogP contribution in [-0.4, -0.2) is 37.9 Å². The average Bonchev–Trinajstić information content (AvgIpc) is 2.43. The smallest absolute Gasteiger partial charge is 0.387 e. The van der Waals surface area contributed by atoms with E-state index in [1.165, 1.54) is 25.3 Å². The third-order valence-electron chi connectivity index (χ3n) is 2.26. The Balaban J connectivity index is 2.93. The highest BCUT2D eigenvalue weighted by Crippen LogP contribution is 2.33. The van der Waals surface area contributed by atoms with Crippen LogP contribution in [0.25, 0.3) is 6.08 Å². The molecule has 2 N–H and O–H groups in total. The Morgan fingerprint density at radius 1 is 1.50 bits per heavy atom. The van der Waals surface area contributed by atoms with E-state index in [2.05, 4.69) is 10.1 Å². The molecule has 0 aliphatic rings. The summed E-state index contributed by atoms with van der Waals surface area (Å²) >= 11 is 0. The Hall–Kier alpha value is -2.15. The lowest BCUT2D eigenvalue weighted by molar-refractivity contribution is -0.116. The van der Waals surface area contributed by atoms with Crippen molar-refractivity contribution in [2.45, 2.75) is 6.61 Å². The SMILES string of the molecule is COc1cccc(/C=C/C(=O)NCCO)c1OC(F)F. The van der Waals surface area contributed by atoms with Crippen LogP contribution >= 0.6 is 0 Å². The molecule has 5 nitrogen and oxygen atoms in total. The zero-order valence-corrected chi connectivity index (χ0v) is 10.8. The quantitative estimate of drug-likeness (QED) is 0.744. The Kier molecular flexibility index (Phi) is 6.45. The lowest BCUT2D eigenvalue weighted by Crippen LogP contribution is -2.24. The molecule has 0 radical (unpaired) electrons. The van der Waals surface area contributed by atoms with Gasteiger partial charge in [-0.05, 0) is 12.1 Å². The molecule has 0 aliphatic heterocycles. The topological polar surface area (TPSA) is 67.8 Å². The third-order valence-corrected chi connectivity index (χ3v) is 2.26. The molecule has 0 aliphatic carbocycles. The van der Waals surface area contributed by atoms with Crippen LogP contribution in [0.2, 0.25) is 0 Å². The lowest BCUT2D eigenvalue weighted by atomic mass is 10.1. The van der Waals surface area contributed by atoms with Gasteiger partial charge in [0.1, 0.15) is 0 Å². The standard InChI is InChI=1S/C13H15F2NO4/c1-19-10-4-2-3-9(12(10)20-13(14)15)5-6-11(18)16-7-8-17/h2-6,13,17H,7-8H2,1H3,(H,16,18)/b6-5+. The van der Waals surface area contributed by atoms with Crippen molar-refractivity contribution in [3.05, 3.63) is 29.8 Å². The number of hydrogen-bond donors (Lipinski definition) is 2. The molecule has 0 atom stereocenters. The van der Waals surface area contributed by atoms with Crippen LogP contribution in [0.15, 0.2) is 24.3 Å². The van der Waals surface area contributed by atoms with Gasteiger partial charge in [-0.3, -0.25) is 4.79 Å². The molecule has 0 bridgehead atoms. The molecule has 110 valence electrons. The molecule has 0 aromatic heterocycles. The second-order valence-electron chi connectivity index (χ2n) is 3.61. The van der Waals surface area contributed by atoms with Gasteiger partial charge in [0, 0.05) is 18.2 Å². The van der Waals surface area contributed by atoms with Crippen molar-refractivity contribution in [1.82, 2.24) is 5.32 Å². The summed E-state index contributed by atoms with van der Waals surface area (Å²) in [6, 6.07) is 4.57. The molecular formula is C13H15F2NO4. The normalized spacial score (nSPS) is 10.8. The summed E-state index contributed by atoms with van der Waals surface area (Å²) in [6.45, 7) is -3.07. The van der Waals surface area contributed by atoms with Crippen molar-refractivity contribution in [3.8, 4) is 11.5 Å². The number of hydrogen-bond acceptors (Lipinski definition) is 4. The number of ether oxygens (including phenoxy) is 2. The Morgan fingerprint density at radius 2 is 2.25 bits per heavy atom. The fourth-order valence-electron chi connectivity index (χ4n) is 1.44. The van der Waals surface area contributed by atoms with Crippen LogP contribution < -0.4 is 14.8 Å². The van der Waals surface area contributed by atoms with Gasteiger partial charge in [0.2, 0.25) is 5.91 Å². The maximum atomic E-state index is 12.4. The van der Waals surface area contributed by atoms with Crippen LogP contribution in [-0.2, 0) is 4.79 Å². The summed E-state index contributed by atoms with van der Waals surface area (Å²) in [7, 11) is 1.33. The van der Waals surface area contributed by atoms with Gasteiger partial charge in [0.15, 0.2) is 11.5 Å². The van der Waals surface area contributed by atoms with Crippen molar-refractivity contribution in [1.29, 1.82) is 0 Å². The molecule has 1 rings (SSSR count). The van der Waals surface area contributed by atoms with Gasteiger partial charge in [-0.1, -0.05) is 12.1 Å². The minimum Gasteiger partial charge on any atom is -0.493 e. The number of rotatable bonds is 7. The number of alkyl halides is 2. The van der Waals surface area contributed by atoms with Gasteiger partial charge in [0.25, 0.3) is 0 Å². The number of nitrogens with one attached hydrogen (secondary N) is 1. The molecule has 0 spiro atoms. The Morgan fingerprint density at radius 3 is 2.85 bits per heavy atom. The maximum Gasteiger partial charge on any atom is 0.387 e. The summed E-state index contributed by atoms with van der Waals surface area (Å²) in [5.74, 6) is -0.454. The van der Waals surface area contributed by atoms with E-state index < -0.39 is 12.5 Å². The third kappa shape index (κ3) is 4.85. The highest BCUT2D eigenvalue weighted by atomic mass is 19.3. The fraction of sp³-hybridized carbons (Fsp3) is 0.308. The summed E-state index contributed by atoms with van der Waals surface area (Å²) in [6.07, 6.45) is 2.48. The van der Waals surface area contributed by atoms with Gasteiger partial charge in [0.05, 0.1) is 13.7 Å². The second-order valence-corrected chi connectivity index (χ2v) is 3.61. The van der Waals surface area contributed by atoms with E-state index in [0.29, 0.717) is 0 Å². The van der Waals surface area contributed by atoms with E-state index in [9.17, 15) is 13.6 Å². The summed E-state index contributed by atoms with van der Waals surface area (Å²) in [5.41, 5.74) is 0.281.